The maximum absolute atomic E-state index is 13.0. The van der Waals surface area contributed by atoms with Gasteiger partial charge in [0.2, 0.25) is 0 Å². The summed E-state index contributed by atoms with van der Waals surface area (Å²) in [5.41, 5.74) is 1.03. The van der Waals surface area contributed by atoms with E-state index in [0.717, 1.165) is 10.5 Å². The fourth-order valence-electron chi connectivity index (χ4n) is 4.06. The van der Waals surface area contributed by atoms with Crippen LogP contribution in [0.4, 0.5) is 9.59 Å². The van der Waals surface area contributed by atoms with Gasteiger partial charge in [-0.05, 0) is 5.56 Å². The summed E-state index contributed by atoms with van der Waals surface area (Å²) >= 11 is 0. The van der Waals surface area contributed by atoms with Crippen molar-refractivity contribution in [3.05, 3.63) is 35.9 Å². The highest BCUT2D eigenvalue weighted by Crippen LogP contribution is 2.30. The third-order valence-corrected chi connectivity index (χ3v) is 5.72. The molecule has 2 unspecified atom stereocenters. The fourth-order valence-corrected chi connectivity index (χ4v) is 4.06. The van der Waals surface area contributed by atoms with Crippen LogP contribution in [0.3, 0.4) is 0 Å². The van der Waals surface area contributed by atoms with Crippen molar-refractivity contribution in [3.63, 3.8) is 0 Å². The Bertz CT molecular complexity index is 852. The lowest BCUT2D eigenvalue weighted by Gasteiger charge is -2.41. The van der Waals surface area contributed by atoms with Crippen molar-refractivity contribution < 1.29 is 19.5 Å². The van der Waals surface area contributed by atoms with Gasteiger partial charge in [0.05, 0.1) is 0 Å². The summed E-state index contributed by atoms with van der Waals surface area (Å²) in [5, 5.41) is 9.21. The van der Waals surface area contributed by atoms with Crippen LogP contribution in [0.5, 0.6) is 0 Å². The number of piperazine rings is 1. The molecule has 4 amide bonds. The van der Waals surface area contributed by atoms with E-state index in [1.807, 2.05) is 40.1 Å². The maximum Gasteiger partial charge on any atom is 0.407 e. The Labute approximate surface area is 168 Å². The van der Waals surface area contributed by atoms with Crippen molar-refractivity contribution in [1.82, 2.24) is 24.5 Å². The molecule has 4 rings (SSSR count). The van der Waals surface area contributed by atoms with Gasteiger partial charge in [-0.25, -0.2) is 14.6 Å². The molecule has 0 saturated carbocycles. The van der Waals surface area contributed by atoms with Crippen molar-refractivity contribution >= 4 is 24.0 Å². The van der Waals surface area contributed by atoms with Crippen LogP contribution < -0.4 is 0 Å². The van der Waals surface area contributed by atoms with Gasteiger partial charge < -0.3 is 24.7 Å². The summed E-state index contributed by atoms with van der Waals surface area (Å²) in [5.74, 6) is 0.356. The Morgan fingerprint density at radius 1 is 1.10 bits per heavy atom. The smallest absolute Gasteiger partial charge is 0.407 e. The molecule has 154 valence electrons. The minimum atomic E-state index is -0.935. The zero-order valence-electron chi connectivity index (χ0n) is 16.4. The lowest BCUT2D eigenvalue weighted by Crippen LogP contribution is -2.64. The molecule has 1 aromatic carbocycles. The Kier molecular flexibility index (Phi) is 4.77. The average molecular weight is 400 g/mol. The number of aliphatic imine (C=N–C) groups is 1. The molecule has 2 fully saturated rings. The van der Waals surface area contributed by atoms with Gasteiger partial charge in [0, 0.05) is 46.8 Å². The Morgan fingerprint density at radius 2 is 1.76 bits per heavy atom. The number of rotatable bonds is 2. The molecule has 2 atom stereocenters. The molecule has 0 spiro atoms. The van der Waals surface area contributed by atoms with Gasteiger partial charge >= 0.3 is 12.1 Å². The van der Waals surface area contributed by atoms with Crippen molar-refractivity contribution in [2.24, 2.45) is 4.99 Å². The van der Waals surface area contributed by atoms with E-state index in [0.29, 0.717) is 38.7 Å². The summed E-state index contributed by atoms with van der Waals surface area (Å²) in [7, 11) is 3.14. The number of imide groups is 1. The number of benzene rings is 1. The normalized spacial score (nSPS) is 24.8. The Hall–Kier alpha value is -3.30. The second-order valence-corrected chi connectivity index (χ2v) is 7.45. The number of likely N-dealkylation sites (N-methyl/N-ethyl adjacent to an activating group) is 2. The highest BCUT2D eigenvalue weighted by molar-refractivity contribution is 6.03. The second kappa shape index (κ2) is 7.26. The third-order valence-electron chi connectivity index (χ3n) is 5.72. The molecule has 0 aromatic heterocycles. The molecule has 2 saturated heterocycles. The molecule has 10 heteroatoms. The summed E-state index contributed by atoms with van der Waals surface area (Å²) < 4.78 is 0. The summed E-state index contributed by atoms with van der Waals surface area (Å²) in [6.07, 6.45) is -1.53. The van der Waals surface area contributed by atoms with Gasteiger partial charge in [0.25, 0.3) is 5.91 Å². The van der Waals surface area contributed by atoms with Crippen LogP contribution in [-0.4, -0.2) is 106 Å². The number of carbonyl (C=O) groups excluding carboxylic acids is 2. The van der Waals surface area contributed by atoms with E-state index in [1.165, 1.54) is 16.8 Å². The van der Waals surface area contributed by atoms with Crippen LogP contribution in [-0.2, 0) is 11.3 Å². The van der Waals surface area contributed by atoms with Crippen LogP contribution in [0, 0.1) is 0 Å². The number of amides is 4. The first-order valence-corrected chi connectivity index (χ1v) is 9.54. The Balaban J connectivity index is 1.65. The molecular weight excluding hydrogens is 376 g/mol. The molecule has 10 nitrogen and oxygen atoms in total. The monoisotopic (exact) mass is 400 g/mol. The molecule has 0 radical (unpaired) electrons. The number of carbonyl (C=O) groups is 3. The van der Waals surface area contributed by atoms with E-state index in [2.05, 4.69) is 0 Å². The zero-order valence-corrected chi connectivity index (χ0v) is 16.4. The molecule has 0 bridgehead atoms. The number of carboxylic acid groups (broad SMARTS) is 1. The fraction of sp³-hybridized carbons (Fsp3) is 0.474. The van der Waals surface area contributed by atoms with E-state index in [1.54, 1.807) is 7.05 Å². The van der Waals surface area contributed by atoms with Crippen molar-refractivity contribution in [2.75, 3.05) is 40.3 Å². The van der Waals surface area contributed by atoms with Crippen molar-refractivity contribution in [3.8, 4) is 0 Å². The first-order chi connectivity index (χ1) is 13.9. The van der Waals surface area contributed by atoms with Gasteiger partial charge in [-0.1, -0.05) is 30.3 Å². The third kappa shape index (κ3) is 3.24. The number of guanidine groups is 1. The minimum absolute atomic E-state index is 0.281. The van der Waals surface area contributed by atoms with Crippen LogP contribution in [0.2, 0.25) is 0 Å². The molecule has 3 aliphatic heterocycles. The minimum Gasteiger partial charge on any atom is -0.465 e. The van der Waals surface area contributed by atoms with Gasteiger partial charge in [0.1, 0.15) is 0 Å². The number of fused-ring (bicyclic) bond motifs is 1. The number of urea groups is 1. The van der Waals surface area contributed by atoms with E-state index in [9.17, 15) is 19.5 Å². The largest absolute Gasteiger partial charge is 0.465 e. The standard InChI is InChI=1S/C19H24N6O4/c1-21-15-14(16(26)22(2)18(21)27)25(12-13-6-4-3-5-7-13)17(20-15)23-8-10-24(11-9-23)19(28)29/h3-7,14-15H,8-12H2,1-2H3,(H,28,29). The second-order valence-electron chi connectivity index (χ2n) is 7.45. The molecule has 1 aromatic rings. The first-order valence-electron chi connectivity index (χ1n) is 9.54. The van der Waals surface area contributed by atoms with E-state index < -0.39 is 18.3 Å². The highest BCUT2D eigenvalue weighted by Gasteiger charge is 2.52. The molecule has 3 aliphatic rings. The van der Waals surface area contributed by atoms with Crippen LogP contribution >= 0.6 is 0 Å². The lowest BCUT2D eigenvalue weighted by molar-refractivity contribution is -0.136. The molecular formula is C19H24N6O4. The predicted octanol–water partition coefficient (Wildman–Crippen LogP) is 0.372. The number of nitrogens with zero attached hydrogens (tertiary/aromatic N) is 6. The van der Waals surface area contributed by atoms with Gasteiger partial charge in [-0.2, -0.15) is 0 Å². The predicted molar refractivity (Wildman–Crippen MR) is 104 cm³/mol. The summed E-state index contributed by atoms with van der Waals surface area (Å²) in [4.78, 5) is 49.3. The van der Waals surface area contributed by atoms with Gasteiger partial charge in [-0.3, -0.25) is 9.69 Å². The van der Waals surface area contributed by atoms with Crippen LogP contribution in [0.1, 0.15) is 5.56 Å². The maximum atomic E-state index is 13.0. The Morgan fingerprint density at radius 3 is 2.38 bits per heavy atom. The zero-order chi connectivity index (χ0) is 20.7. The van der Waals surface area contributed by atoms with E-state index >= 15 is 0 Å². The molecule has 3 heterocycles. The quantitative estimate of drug-likeness (QED) is 0.770. The SMILES string of the molecule is CN1C(=O)C2C(N=C(N3CCN(C(=O)O)CC3)N2Cc2ccccc2)N(C)C1=O. The average Bonchev–Trinajstić information content (AvgIpc) is 3.10. The van der Waals surface area contributed by atoms with Crippen molar-refractivity contribution in [1.29, 1.82) is 0 Å². The van der Waals surface area contributed by atoms with Crippen LogP contribution in [0.25, 0.3) is 0 Å². The van der Waals surface area contributed by atoms with Gasteiger partial charge in [-0.15, -0.1) is 0 Å². The topological polar surface area (TPSA) is 100 Å². The van der Waals surface area contributed by atoms with E-state index in [4.69, 9.17) is 4.99 Å². The van der Waals surface area contributed by atoms with E-state index in [-0.39, 0.29) is 11.9 Å². The highest BCUT2D eigenvalue weighted by atomic mass is 16.4. The summed E-state index contributed by atoms with van der Waals surface area (Å²) in [6, 6.07) is 8.80. The number of hydrogen-bond donors (Lipinski definition) is 1. The molecule has 29 heavy (non-hydrogen) atoms. The van der Waals surface area contributed by atoms with Crippen molar-refractivity contribution in [2.45, 2.75) is 18.8 Å². The van der Waals surface area contributed by atoms with Crippen LogP contribution in [0.15, 0.2) is 35.3 Å². The number of hydrogen-bond acceptors (Lipinski definition) is 6. The molecule has 1 N–H and O–H groups in total. The summed E-state index contributed by atoms with van der Waals surface area (Å²) in [6.45, 7) is 2.17. The lowest BCUT2D eigenvalue weighted by atomic mass is 10.1. The molecule has 0 aliphatic carbocycles. The van der Waals surface area contributed by atoms with Gasteiger partial charge in [0.15, 0.2) is 18.2 Å². The first kappa shape index (κ1) is 19.0.